The zero-order chi connectivity index (χ0) is 23.4. The van der Waals surface area contributed by atoms with Gasteiger partial charge in [-0.25, -0.2) is 9.78 Å². The number of rotatable bonds is 7. The molecular weight excluding hydrogens is 426 g/mol. The Labute approximate surface area is 189 Å². The molecule has 1 aliphatic rings. The molecule has 1 unspecified atom stereocenters. The molecule has 3 heterocycles. The number of pyridine rings is 1. The minimum absolute atomic E-state index is 0.437. The molecule has 1 amide bonds. The van der Waals surface area contributed by atoms with E-state index < -0.39 is 23.9 Å². The molecule has 4 N–H and O–H groups in total. The highest BCUT2D eigenvalue weighted by Gasteiger charge is 2.32. The summed E-state index contributed by atoms with van der Waals surface area (Å²) in [5.74, 6) is -1.90. The van der Waals surface area contributed by atoms with Crippen molar-refractivity contribution in [1.29, 1.82) is 0 Å². The number of carbonyl (C=O) groups excluding carboxylic acids is 1. The fourth-order valence-electron chi connectivity index (χ4n) is 4.01. The van der Waals surface area contributed by atoms with E-state index in [9.17, 15) is 19.5 Å². The normalized spacial score (nSPS) is 15.6. The van der Waals surface area contributed by atoms with Gasteiger partial charge in [0, 0.05) is 72.9 Å². The van der Waals surface area contributed by atoms with Crippen LogP contribution in [0.25, 0.3) is 10.9 Å². The molecule has 0 bridgehead atoms. The summed E-state index contributed by atoms with van der Waals surface area (Å²) < 4.78 is 0. The van der Waals surface area contributed by atoms with Gasteiger partial charge in [0.2, 0.25) is 5.91 Å². The highest BCUT2D eigenvalue weighted by Crippen LogP contribution is 2.31. The number of amides is 1. The van der Waals surface area contributed by atoms with Crippen molar-refractivity contribution in [1.82, 2.24) is 14.9 Å². The van der Waals surface area contributed by atoms with Crippen molar-refractivity contribution in [3.63, 3.8) is 0 Å². The van der Waals surface area contributed by atoms with Crippen molar-refractivity contribution in [2.24, 2.45) is 0 Å². The van der Waals surface area contributed by atoms with Crippen LogP contribution in [0.5, 0.6) is 0 Å². The van der Waals surface area contributed by atoms with E-state index in [-0.39, 0.29) is 0 Å². The van der Waals surface area contributed by atoms with Crippen LogP contribution in [-0.4, -0.2) is 69.1 Å². The van der Waals surface area contributed by atoms with Gasteiger partial charge in [0.05, 0.1) is 0 Å². The lowest BCUT2D eigenvalue weighted by Crippen LogP contribution is -2.49. The summed E-state index contributed by atoms with van der Waals surface area (Å²) in [6.07, 6.45) is 5.10. The van der Waals surface area contributed by atoms with Crippen LogP contribution < -0.4 is 10.2 Å². The Morgan fingerprint density at radius 2 is 1.85 bits per heavy atom. The first-order valence-electron chi connectivity index (χ1n) is 10.4. The summed E-state index contributed by atoms with van der Waals surface area (Å²) in [5.41, 5.74) is 1.77. The van der Waals surface area contributed by atoms with E-state index in [1.807, 2.05) is 23.1 Å². The number of fused-ring (bicyclic) bond motifs is 1. The maximum Gasteiger partial charge on any atom is 0.328 e. The molecule has 0 aliphatic carbocycles. The molecule has 2 aromatic heterocycles. The van der Waals surface area contributed by atoms with Crippen molar-refractivity contribution in [2.45, 2.75) is 6.04 Å². The largest absolute Gasteiger partial charge is 0.480 e. The molecule has 4 rings (SSSR count). The molecule has 1 fully saturated rings. The zero-order valence-electron chi connectivity index (χ0n) is 17.6. The van der Waals surface area contributed by atoms with Gasteiger partial charge >= 0.3 is 11.9 Å². The standard InChI is InChI=1S/C23H23N5O5/c29-20(6-7-21(30)31)26-15-4-5-18-16(13-15)17(14-25-18)22(23(32)33)28-11-9-27(10-12-28)19-3-1-2-8-24-19/h1-8,13-14,22,25H,9-12H2,(H,26,29)(H,30,31)(H,32,33). The zero-order valence-corrected chi connectivity index (χ0v) is 17.6. The summed E-state index contributed by atoms with van der Waals surface area (Å²) in [7, 11) is 0. The first-order valence-corrected chi connectivity index (χ1v) is 10.4. The Balaban J connectivity index is 1.55. The number of benzene rings is 1. The average molecular weight is 449 g/mol. The molecular formula is C23H23N5O5. The number of carboxylic acid groups (broad SMARTS) is 2. The van der Waals surface area contributed by atoms with Gasteiger partial charge in [0.1, 0.15) is 11.9 Å². The number of anilines is 2. The van der Waals surface area contributed by atoms with E-state index in [0.29, 0.717) is 42.8 Å². The molecule has 3 aromatic rings. The van der Waals surface area contributed by atoms with Crippen molar-refractivity contribution in [3.05, 3.63) is 66.5 Å². The molecule has 33 heavy (non-hydrogen) atoms. The molecule has 1 atom stereocenters. The van der Waals surface area contributed by atoms with Crippen LogP contribution in [0.2, 0.25) is 0 Å². The van der Waals surface area contributed by atoms with Gasteiger partial charge in [-0.3, -0.25) is 14.5 Å². The molecule has 0 radical (unpaired) electrons. The topological polar surface area (TPSA) is 139 Å². The van der Waals surface area contributed by atoms with Gasteiger partial charge < -0.3 is 25.4 Å². The van der Waals surface area contributed by atoms with Gasteiger partial charge in [-0.2, -0.15) is 0 Å². The number of hydrogen-bond acceptors (Lipinski definition) is 6. The van der Waals surface area contributed by atoms with Crippen LogP contribution in [0.3, 0.4) is 0 Å². The highest BCUT2D eigenvalue weighted by molar-refractivity contribution is 6.03. The third-order valence-corrected chi connectivity index (χ3v) is 5.54. The molecule has 1 aromatic carbocycles. The molecule has 10 nitrogen and oxygen atoms in total. The first-order chi connectivity index (χ1) is 15.9. The lowest BCUT2D eigenvalue weighted by molar-refractivity contribution is -0.143. The summed E-state index contributed by atoms with van der Waals surface area (Å²) in [6, 6.07) is 9.95. The van der Waals surface area contributed by atoms with Crippen LogP contribution in [0.1, 0.15) is 11.6 Å². The Morgan fingerprint density at radius 1 is 1.06 bits per heavy atom. The minimum Gasteiger partial charge on any atom is -0.480 e. The van der Waals surface area contributed by atoms with Gasteiger partial charge in [0.15, 0.2) is 0 Å². The SMILES string of the molecule is O=C(O)C=CC(=O)Nc1ccc2[nH]cc(C(C(=O)O)N3CCN(c4ccccn4)CC3)c2c1. The molecule has 10 heteroatoms. The highest BCUT2D eigenvalue weighted by atomic mass is 16.4. The number of piperazine rings is 1. The van der Waals surface area contributed by atoms with E-state index >= 15 is 0 Å². The number of aromatic nitrogens is 2. The second-order valence-electron chi connectivity index (χ2n) is 7.62. The van der Waals surface area contributed by atoms with E-state index in [2.05, 4.69) is 20.2 Å². The Morgan fingerprint density at radius 3 is 2.52 bits per heavy atom. The lowest BCUT2D eigenvalue weighted by Gasteiger charge is -2.38. The number of H-pyrrole nitrogens is 1. The van der Waals surface area contributed by atoms with Crippen LogP contribution in [0, 0.1) is 0 Å². The van der Waals surface area contributed by atoms with Gasteiger partial charge in [-0.15, -0.1) is 0 Å². The summed E-state index contributed by atoms with van der Waals surface area (Å²) in [4.78, 5) is 46.3. The van der Waals surface area contributed by atoms with Crippen LogP contribution >= 0.6 is 0 Å². The second-order valence-corrected chi connectivity index (χ2v) is 7.62. The number of aliphatic carboxylic acids is 2. The van der Waals surface area contributed by atoms with Crippen molar-refractivity contribution >= 4 is 40.3 Å². The van der Waals surface area contributed by atoms with Gasteiger partial charge in [0.25, 0.3) is 0 Å². The number of carboxylic acids is 2. The third kappa shape index (κ3) is 5.01. The fourth-order valence-corrected chi connectivity index (χ4v) is 4.01. The fraction of sp³-hybridized carbons (Fsp3) is 0.217. The Bertz CT molecular complexity index is 1200. The molecule has 0 spiro atoms. The predicted octanol–water partition coefficient (Wildman–Crippen LogP) is 2.09. The minimum atomic E-state index is -1.22. The number of nitrogens with one attached hydrogen (secondary N) is 2. The van der Waals surface area contributed by atoms with Crippen molar-refractivity contribution in [3.8, 4) is 0 Å². The number of aromatic amines is 1. The van der Waals surface area contributed by atoms with E-state index in [4.69, 9.17) is 5.11 Å². The van der Waals surface area contributed by atoms with Crippen LogP contribution in [0.15, 0.2) is 60.9 Å². The van der Waals surface area contributed by atoms with Crippen molar-refractivity contribution in [2.75, 3.05) is 36.4 Å². The molecule has 0 saturated carbocycles. The van der Waals surface area contributed by atoms with E-state index in [1.54, 1.807) is 30.6 Å². The van der Waals surface area contributed by atoms with E-state index in [0.717, 1.165) is 23.5 Å². The summed E-state index contributed by atoms with van der Waals surface area (Å²) in [5, 5.41) is 22.0. The first kappa shape index (κ1) is 22.0. The summed E-state index contributed by atoms with van der Waals surface area (Å²) >= 11 is 0. The third-order valence-electron chi connectivity index (χ3n) is 5.54. The van der Waals surface area contributed by atoms with Gasteiger partial charge in [-0.05, 0) is 30.3 Å². The maximum atomic E-state index is 12.3. The Hall–Kier alpha value is -4.18. The smallest absolute Gasteiger partial charge is 0.328 e. The van der Waals surface area contributed by atoms with Crippen LogP contribution in [-0.2, 0) is 14.4 Å². The molecule has 1 saturated heterocycles. The van der Waals surface area contributed by atoms with E-state index in [1.165, 1.54) is 0 Å². The Kier molecular flexibility index (Phi) is 6.36. The second kappa shape index (κ2) is 9.53. The van der Waals surface area contributed by atoms with Gasteiger partial charge in [-0.1, -0.05) is 6.07 Å². The number of carbonyl (C=O) groups is 3. The lowest BCUT2D eigenvalue weighted by atomic mass is 10.0. The maximum absolute atomic E-state index is 12.3. The summed E-state index contributed by atoms with van der Waals surface area (Å²) in [6.45, 7) is 2.41. The number of nitrogens with zero attached hydrogens (tertiary/aromatic N) is 3. The number of hydrogen-bond donors (Lipinski definition) is 4. The van der Waals surface area contributed by atoms with Crippen LogP contribution in [0.4, 0.5) is 11.5 Å². The quantitative estimate of drug-likeness (QED) is 0.402. The molecule has 170 valence electrons. The van der Waals surface area contributed by atoms with Crippen molar-refractivity contribution < 1.29 is 24.6 Å². The monoisotopic (exact) mass is 449 g/mol. The predicted molar refractivity (Wildman–Crippen MR) is 122 cm³/mol. The molecule has 1 aliphatic heterocycles. The average Bonchev–Trinajstić information content (AvgIpc) is 3.21.